The molecule has 0 aliphatic rings. The van der Waals surface area contributed by atoms with Crippen molar-refractivity contribution in [3.63, 3.8) is 0 Å². The van der Waals surface area contributed by atoms with Crippen molar-refractivity contribution < 1.29 is 19.1 Å². The molecule has 150 valence electrons. The standard InChI is InChI=1S/C23H29NO4/c1-4-18-8-6-9-19(5-2)23(18)24-21(25)16-28-22(26)10-7-15-27-20-13-11-17(3)12-14-20/h6,8-9,11-14H,4-5,7,10,15-16H2,1-3H3,(H,24,25). The van der Waals surface area contributed by atoms with E-state index in [-0.39, 0.29) is 18.9 Å². The summed E-state index contributed by atoms with van der Waals surface area (Å²) in [5, 5.41) is 2.89. The van der Waals surface area contributed by atoms with Crippen molar-refractivity contribution in [2.45, 2.75) is 46.5 Å². The number of hydrogen-bond acceptors (Lipinski definition) is 4. The fourth-order valence-corrected chi connectivity index (χ4v) is 2.84. The molecule has 1 N–H and O–H groups in total. The topological polar surface area (TPSA) is 64.6 Å². The lowest BCUT2D eigenvalue weighted by molar-refractivity contribution is -0.147. The van der Waals surface area contributed by atoms with Gasteiger partial charge in [0.2, 0.25) is 0 Å². The van der Waals surface area contributed by atoms with Crippen LogP contribution >= 0.6 is 0 Å². The average Bonchev–Trinajstić information content (AvgIpc) is 2.71. The maximum absolute atomic E-state index is 12.2. The third-order valence-electron chi connectivity index (χ3n) is 4.44. The summed E-state index contributed by atoms with van der Waals surface area (Å²) in [5.74, 6) is 0.0571. The minimum atomic E-state index is -0.401. The van der Waals surface area contributed by atoms with Gasteiger partial charge >= 0.3 is 5.97 Å². The van der Waals surface area contributed by atoms with Gasteiger partial charge < -0.3 is 14.8 Å². The van der Waals surface area contributed by atoms with Crippen molar-refractivity contribution in [3.05, 3.63) is 59.2 Å². The van der Waals surface area contributed by atoms with Gasteiger partial charge in [-0.15, -0.1) is 0 Å². The molecular formula is C23H29NO4. The second-order valence-corrected chi connectivity index (χ2v) is 6.63. The second kappa shape index (κ2) is 11.1. The van der Waals surface area contributed by atoms with Gasteiger partial charge in [0.05, 0.1) is 6.61 Å². The number of carbonyl (C=O) groups is 2. The van der Waals surface area contributed by atoms with E-state index in [0.29, 0.717) is 13.0 Å². The number of nitrogens with one attached hydrogen (secondary N) is 1. The summed E-state index contributed by atoms with van der Waals surface area (Å²) < 4.78 is 10.7. The maximum Gasteiger partial charge on any atom is 0.306 e. The van der Waals surface area contributed by atoms with Crippen LogP contribution in [-0.4, -0.2) is 25.1 Å². The molecule has 5 heteroatoms. The molecule has 1 amide bonds. The Morgan fingerprint density at radius 2 is 1.61 bits per heavy atom. The first-order valence-corrected chi connectivity index (χ1v) is 9.79. The molecule has 0 aliphatic carbocycles. The Hall–Kier alpha value is -2.82. The minimum Gasteiger partial charge on any atom is -0.494 e. The molecule has 2 aromatic rings. The fourth-order valence-electron chi connectivity index (χ4n) is 2.84. The smallest absolute Gasteiger partial charge is 0.306 e. The van der Waals surface area contributed by atoms with Crippen molar-refractivity contribution in [3.8, 4) is 5.75 Å². The van der Waals surface area contributed by atoms with Gasteiger partial charge in [0.1, 0.15) is 5.75 Å². The predicted molar refractivity (Wildman–Crippen MR) is 111 cm³/mol. The summed E-state index contributed by atoms with van der Waals surface area (Å²) in [6.07, 6.45) is 2.40. The maximum atomic E-state index is 12.2. The van der Waals surface area contributed by atoms with Crippen LogP contribution in [0.5, 0.6) is 5.75 Å². The van der Waals surface area contributed by atoms with Gasteiger partial charge in [0, 0.05) is 12.1 Å². The number of benzene rings is 2. The van der Waals surface area contributed by atoms with E-state index in [1.165, 1.54) is 5.56 Å². The molecule has 0 fully saturated rings. The molecule has 0 saturated carbocycles. The number of ether oxygens (including phenoxy) is 2. The normalized spacial score (nSPS) is 10.4. The van der Waals surface area contributed by atoms with E-state index < -0.39 is 5.97 Å². The number of esters is 1. The highest BCUT2D eigenvalue weighted by Crippen LogP contribution is 2.22. The third kappa shape index (κ3) is 6.72. The van der Waals surface area contributed by atoms with Crippen LogP contribution in [0.4, 0.5) is 5.69 Å². The lowest BCUT2D eigenvalue weighted by atomic mass is 10.0. The van der Waals surface area contributed by atoms with Crippen LogP contribution in [-0.2, 0) is 27.2 Å². The molecule has 0 atom stereocenters. The zero-order valence-corrected chi connectivity index (χ0v) is 16.9. The monoisotopic (exact) mass is 383 g/mol. The first kappa shape index (κ1) is 21.5. The van der Waals surface area contributed by atoms with Gasteiger partial charge in [-0.2, -0.15) is 0 Å². The number of carbonyl (C=O) groups excluding carboxylic acids is 2. The Kier molecular flexibility index (Phi) is 8.53. The number of rotatable bonds is 10. The van der Waals surface area contributed by atoms with Crippen molar-refractivity contribution in [2.24, 2.45) is 0 Å². The van der Waals surface area contributed by atoms with Crippen LogP contribution in [0.15, 0.2) is 42.5 Å². The summed E-state index contributed by atoms with van der Waals surface area (Å²) >= 11 is 0. The van der Waals surface area contributed by atoms with E-state index in [9.17, 15) is 9.59 Å². The van der Waals surface area contributed by atoms with Gasteiger partial charge in [0.25, 0.3) is 5.91 Å². The zero-order valence-electron chi connectivity index (χ0n) is 16.9. The molecule has 0 aromatic heterocycles. The molecule has 0 spiro atoms. The average molecular weight is 383 g/mol. The van der Waals surface area contributed by atoms with Crippen LogP contribution in [0, 0.1) is 6.92 Å². The fraction of sp³-hybridized carbons (Fsp3) is 0.391. The first-order valence-electron chi connectivity index (χ1n) is 9.79. The molecule has 5 nitrogen and oxygen atoms in total. The number of aryl methyl sites for hydroxylation is 3. The predicted octanol–water partition coefficient (Wildman–Crippen LogP) is 4.46. The lowest BCUT2D eigenvalue weighted by Crippen LogP contribution is -2.22. The van der Waals surface area contributed by atoms with Gasteiger partial charge in [-0.05, 0) is 49.4 Å². The molecule has 0 saturated heterocycles. The molecule has 0 bridgehead atoms. The van der Waals surface area contributed by atoms with Crippen LogP contribution in [0.2, 0.25) is 0 Å². The Balaban J connectivity index is 1.71. The van der Waals surface area contributed by atoms with Crippen molar-refractivity contribution in [1.82, 2.24) is 0 Å². The molecular weight excluding hydrogens is 354 g/mol. The molecule has 28 heavy (non-hydrogen) atoms. The number of anilines is 1. The summed E-state index contributed by atoms with van der Waals surface area (Å²) in [5.41, 5.74) is 4.15. The summed E-state index contributed by atoms with van der Waals surface area (Å²) in [7, 11) is 0. The largest absolute Gasteiger partial charge is 0.494 e. The second-order valence-electron chi connectivity index (χ2n) is 6.63. The van der Waals surface area contributed by atoms with Crippen LogP contribution in [0.3, 0.4) is 0 Å². The van der Waals surface area contributed by atoms with E-state index >= 15 is 0 Å². The van der Waals surface area contributed by atoms with Gasteiger partial charge in [0.15, 0.2) is 6.61 Å². The number of para-hydroxylation sites is 1. The number of hydrogen-bond donors (Lipinski definition) is 1. The van der Waals surface area contributed by atoms with E-state index in [2.05, 4.69) is 5.32 Å². The molecule has 0 radical (unpaired) electrons. The molecule has 2 aromatic carbocycles. The Morgan fingerprint density at radius 3 is 2.21 bits per heavy atom. The van der Waals surface area contributed by atoms with Gasteiger partial charge in [-0.25, -0.2) is 0 Å². The third-order valence-corrected chi connectivity index (χ3v) is 4.44. The van der Waals surface area contributed by atoms with Crippen molar-refractivity contribution in [1.29, 1.82) is 0 Å². The number of amides is 1. The highest BCUT2D eigenvalue weighted by atomic mass is 16.5. The summed E-state index contributed by atoms with van der Waals surface area (Å²) in [4.78, 5) is 24.0. The van der Waals surface area contributed by atoms with E-state index in [1.54, 1.807) is 0 Å². The van der Waals surface area contributed by atoms with Gasteiger partial charge in [-0.1, -0.05) is 49.7 Å². The van der Waals surface area contributed by atoms with Crippen LogP contribution in [0.1, 0.15) is 43.4 Å². The molecule has 0 heterocycles. The van der Waals surface area contributed by atoms with Crippen molar-refractivity contribution >= 4 is 17.6 Å². The van der Waals surface area contributed by atoms with Gasteiger partial charge in [-0.3, -0.25) is 9.59 Å². The highest BCUT2D eigenvalue weighted by molar-refractivity contribution is 5.94. The Labute approximate surface area is 167 Å². The Morgan fingerprint density at radius 1 is 0.964 bits per heavy atom. The Bertz CT molecular complexity index is 761. The quantitative estimate of drug-likeness (QED) is 0.486. The molecule has 2 rings (SSSR count). The minimum absolute atomic E-state index is 0.213. The molecule has 0 unspecified atom stereocenters. The van der Waals surface area contributed by atoms with E-state index in [1.807, 2.05) is 63.2 Å². The lowest BCUT2D eigenvalue weighted by Gasteiger charge is -2.14. The van der Waals surface area contributed by atoms with Crippen LogP contribution < -0.4 is 10.1 Å². The summed E-state index contributed by atoms with van der Waals surface area (Å²) in [6.45, 7) is 6.25. The molecule has 0 aliphatic heterocycles. The SMILES string of the molecule is CCc1cccc(CC)c1NC(=O)COC(=O)CCCOc1ccc(C)cc1. The highest BCUT2D eigenvalue weighted by Gasteiger charge is 2.12. The zero-order chi connectivity index (χ0) is 20.4. The summed E-state index contributed by atoms with van der Waals surface area (Å²) in [6, 6.07) is 13.7. The van der Waals surface area contributed by atoms with E-state index in [0.717, 1.165) is 35.4 Å². The van der Waals surface area contributed by atoms with E-state index in [4.69, 9.17) is 9.47 Å². The van der Waals surface area contributed by atoms with Crippen molar-refractivity contribution in [2.75, 3.05) is 18.5 Å². The first-order chi connectivity index (χ1) is 13.5. The van der Waals surface area contributed by atoms with Crippen LogP contribution in [0.25, 0.3) is 0 Å².